The predicted octanol–water partition coefficient (Wildman–Crippen LogP) is 6.25. The minimum Gasteiger partial charge on any atom is -0.480 e. The van der Waals surface area contributed by atoms with Crippen molar-refractivity contribution >= 4 is 23.8 Å². The van der Waals surface area contributed by atoms with E-state index in [9.17, 15) is 19.2 Å². The van der Waals surface area contributed by atoms with Crippen LogP contribution in [0.2, 0.25) is 0 Å². The minimum absolute atomic E-state index is 0.202. The van der Waals surface area contributed by atoms with Gasteiger partial charge in [0.05, 0.1) is 13.2 Å². The van der Waals surface area contributed by atoms with Gasteiger partial charge in [0.2, 0.25) is 11.8 Å². The molecule has 0 fully saturated rings. The summed E-state index contributed by atoms with van der Waals surface area (Å²) in [6, 6.07) is -1.39. The maximum atomic E-state index is 12.4. The zero-order valence-electron chi connectivity index (χ0n) is 26.9. The first-order chi connectivity index (χ1) is 21.3. The van der Waals surface area contributed by atoms with Gasteiger partial charge in [-0.15, -0.1) is 0 Å². The van der Waals surface area contributed by atoms with Gasteiger partial charge in [0.1, 0.15) is 12.1 Å². The number of hydrogen-bond acceptors (Lipinski definition) is 6. The highest BCUT2D eigenvalue weighted by Crippen LogP contribution is 2.13. The van der Waals surface area contributed by atoms with E-state index in [-0.39, 0.29) is 30.9 Å². The van der Waals surface area contributed by atoms with Gasteiger partial charge in [-0.1, -0.05) is 94.2 Å². The van der Waals surface area contributed by atoms with Crippen molar-refractivity contribution in [3.63, 3.8) is 0 Å². The van der Waals surface area contributed by atoms with Crippen LogP contribution in [0.1, 0.15) is 110 Å². The Kier molecular flexibility index (Phi) is 27.3. The first-order valence-corrected chi connectivity index (χ1v) is 16.2. The third kappa shape index (κ3) is 26.2. The Balaban J connectivity index is 4.27. The summed E-state index contributed by atoms with van der Waals surface area (Å²) in [5, 5.41) is 22.4. The van der Waals surface area contributed by atoms with Crippen LogP contribution in [0.25, 0.3) is 0 Å². The molecule has 0 bridgehead atoms. The topological polar surface area (TPSA) is 142 Å². The smallest absolute Gasteiger partial charge is 0.328 e. The lowest BCUT2D eigenvalue weighted by atomic mass is 10.1. The predicted molar refractivity (Wildman–Crippen MR) is 176 cm³/mol. The number of carboxylic acid groups (broad SMARTS) is 1. The lowest BCUT2D eigenvalue weighted by Gasteiger charge is -2.14. The van der Waals surface area contributed by atoms with Crippen LogP contribution in [0.3, 0.4) is 0 Å². The van der Waals surface area contributed by atoms with Crippen molar-refractivity contribution in [2.45, 2.75) is 122 Å². The normalized spacial score (nSPS) is 13.3. The summed E-state index contributed by atoms with van der Waals surface area (Å²) in [4.78, 5) is 47.0. The summed E-state index contributed by atoms with van der Waals surface area (Å²) in [6.07, 6.45) is 33.0. The van der Waals surface area contributed by atoms with E-state index in [0.717, 1.165) is 70.6 Å². The molecular formula is C35H56N2O7. The number of aliphatic hydroxyl groups is 1. The molecule has 0 aromatic heterocycles. The van der Waals surface area contributed by atoms with E-state index in [1.54, 1.807) is 0 Å². The number of aliphatic carboxylic acids is 1. The maximum Gasteiger partial charge on any atom is 0.328 e. The largest absolute Gasteiger partial charge is 0.480 e. The average molecular weight is 617 g/mol. The molecule has 0 spiro atoms. The van der Waals surface area contributed by atoms with Crippen LogP contribution in [0.5, 0.6) is 0 Å². The molecule has 9 nitrogen and oxygen atoms in total. The second-order valence-corrected chi connectivity index (χ2v) is 10.5. The zero-order chi connectivity index (χ0) is 32.7. The van der Waals surface area contributed by atoms with Gasteiger partial charge in [-0.2, -0.15) is 0 Å². The van der Waals surface area contributed by atoms with Crippen LogP contribution in [0.4, 0.5) is 0 Å². The molecule has 2 unspecified atom stereocenters. The first kappa shape index (κ1) is 40.5. The molecule has 0 aromatic carbocycles. The summed E-state index contributed by atoms with van der Waals surface area (Å²) in [6.45, 7) is 3.20. The number of hydrogen-bond donors (Lipinski definition) is 4. The van der Waals surface area contributed by atoms with E-state index in [1.807, 2.05) is 12.2 Å². The molecule has 9 heteroatoms. The highest BCUT2D eigenvalue weighted by molar-refractivity contribution is 5.87. The summed E-state index contributed by atoms with van der Waals surface area (Å²) in [5.41, 5.74) is 0. The van der Waals surface area contributed by atoms with Gasteiger partial charge in [0.25, 0.3) is 0 Å². The molecule has 0 aliphatic heterocycles. The molecule has 0 aromatic rings. The van der Waals surface area contributed by atoms with Crippen molar-refractivity contribution < 1.29 is 34.1 Å². The number of nitrogens with one attached hydrogen (secondary N) is 2. The Morgan fingerprint density at radius 1 is 0.727 bits per heavy atom. The number of allylic oxidation sites excluding steroid dienone is 9. The van der Waals surface area contributed by atoms with Gasteiger partial charge >= 0.3 is 11.9 Å². The molecule has 0 rings (SSSR count). The van der Waals surface area contributed by atoms with E-state index in [2.05, 4.69) is 73.1 Å². The van der Waals surface area contributed by atoms with Crippen molar-refractivity contribution in [1.29, 1.82) is 0 Å². The standard InChI is InChI=1S/C35H56N2O7/c1-3-5-7-9-10-11-12-13-14-15-16-17-23-27-34(41)44-30(24-20-8-6-4-2)25-21-18-19-22-26-32(39)36-28-33(40)37-31(29-38)35(42)43/h5,7,10-11,13-14,16-17,20,24,30-31,38H,3-4,6,8-9,12,15,18-19,21-23,25-29H2,1-2H3,(H,36,39)(H,37,40)(H,42,43)/b7-5-,11-10-,14-13-,17-16-,24-20-. The third-order valence-corrected chi connectivity index (χ3v) is 6.50. The lowest BCUT2D eigenvalue weighted by molar-refractivity contribution is -0.147. The van der Waals surface area contributed by atoms with E-state index < -0.39 is 24.5 Å². The lowest BCUT2D eigenvalue weighted by Crippen LogP contribution is -2.47. The molecule has 0 saturated heterocycles. The quantitative estimate of drug-likeness (QED) is 0.0486. The molecule has 0 radical (unpaired) electrons. The SMILES string of the molecule is CC/C=C\C/C=C\C/C=C\C/C=C\CCC(=O)OC(/C=C\CCCC)CCCCCCC(=O)NCC(=O)NC(CO)C(=O)O. The van der Waals surface area contributed by atoms with Crippen LogP contribution in [0, 0.1) is 0 Å². The number of carboxylic acids is 1. The number of ether oxygens (including phenoxy) is 1. The molecule has 248 valence electrons. The van der Waals surface area contributed by atoms with Gasteiger partial charge in [0.15, 0.2) is 0 Å². The zero-order valence-corrected chi connectivity index (χ0v) is 26.9. The molecular weight excluding hydrogens is 560 g/mol. The van der Waals surface area contributed by atoms with Crippen molar-refractivity contribution in [1.82, 2.24) is 10.6 Å². The van der Waals surface area contributed by atoms with Crippen LogP contribution >= 0.6 is 0 Å². The Morgan fingerprint density at radius 2 is 1.36 bits per heavy atom. The number of aliphatic hydroxyl groups excluding tert-OH is 1. The fraction of sp³-hybridized carbons (Fsp3) is 0.600. The fourth-order valence-corrected chi connectivity index (χ4v) is 3.97. The second-order valence-electron chi connectivity index (χ2n) is 10.5. The van der Waals surface area contributed by atoms with Gasteiger partial charge in [-0.3, -0.25) is 14.4 Å². The number of carbonyl (C=O) groups is 4. The van der Waals surface area contributed by atoms with Crippen LogP contribution in [-0.4, -0.2) is 59.3 Å². The number of carbonyl (C=O) groups excluding carboxylic acids is 3. The average Bonchev–Trinajstić information content (AvgIpc) is 3.00. The number of esters is 1. The van der Waals surface area contributed by atoms with Gasteiger partial charge < -0.3 is 25.6 Å². The van der Waals surface area contributed by atoms with Gasteiger partial charge in [0, 0.05) is 12.8 Å². The number of amides is 2. The molecule has 0 aliphatic carbocycles. The molecule has 2 amide bonds. The first-order valence-electron chi connectivity index (χ1n) is 16.2. The molecule has 4 N–H and O–H groups in total. The van der Waals surface area contributed by atoms with Crippen molar-refractivity contribution in [2.75, 3.05) is 13.2 Å². The number of rotatable bonds is 27. The van der Waals surface area contributed by atoms with Gasteiger partial charge in [-0.25, -0.2) is 4.79 Å². The molecule has 0 saturated carbocycles. The Labute approximate surface area is 264 Å². The van der Waals surface area contributed by atoms with E-state index >= 15 is 0 Å². The van der Waals surface area contributed by atoms with Crippen molar-refractivity contribution in [2.24, 2.45) is 0 Å². The molecule has 2 atom stereocenters. The van der Waals surface area contributed by atoms with Crippen molar-refractivity contribution in [3.8, 4) is 0 Å². The van der Waals surface area contributed by atoms with E-state index in [4.69, 9.17) is 14.9 Å². The monoisotopic (exact) mass is 616 g/mol. The highest BCUT2D eigenvalue weighted by Gasteiger charge is 2.18. The summed E-state index contributed by atoms with van der Waals surface area (Å²) >= 11 is 0. The third-order valence-electron chi connectivity index (χ3n) is 6.50. The summed E-state index contributed by atoms with van der Waals surface area (Å²) in [5.74, 6) is -2.52. The maximum absolute atomic E-state index is 12.4. The minimum atomic E-state index is -1.39. The summed E-state index contributed by atoms with van der Waals surface area (Å²) < 4.78 is 5.75. The molecule has 44 heavy (non-hydrogen) atoms. The Bertz CT molecular complexity index is 937. The second kappa shape index (κ2) is 29.6. The Morgan fingerprint density at radius 3 is 1.98 bits per heavy atom. The fourth-order valence-electron chi connectivity index (χ4n) is 3.97. The van der Waals surface area contributed by atoms with Gasteiger partial charge in [-0.05, 0) is 63.9 Å². The highest BCUT2D eigenvalue weighted by atomic mass is 16.5. The van der Waals surface area contributed by atoms with Crippen LogP contribution in [0.15, 0.2) is 60.8 Å². The molecule has 0 aliphatic rings. The van der Waals surface area contributed by atoms with E-state index in [0.29, 0.717) is 19.3 Å². The summed E-state index contributed by atoms with van der Waals surface area (Å²) in [7, 11) is 0. The number of unbranched alkanes of at least 4 members (excludes halogenated alkanes) is 5. The van der Waals surface area contributed by atoms with E-state index in [1.165, 1.54) is 0 Å². The van der Waals surface area contributed by atoms with Crippen LogP contribution < -0.4 is 10.6 Å². The van der Waals surface area contributed by atoms with Crippen molar-refractivity contribution in [3.05, 3.63) is 60.8 Å². The Hall–Kier alpha value is -3.46. The van der Waals surface area contributed by atoms with Crippen LogP contribution in [-0.2, 0) is 23.9 Å². The molecule has 0 heterocycles.